The van der Waals surface area contributed by atoms with E-state index in [2.05, 4.69) is 44.0 Å². The average Bonchev–Trinajstić information content (AvgIpc) is 3.20. The van der Waals surface area contributed by atoms with Crippen LogP contribution in [0.5, 0.6) is 5.75 Å². The number of para-hydroxylation sites is 2. The molecule has 2 saturated heterocycles. The van der Waals surface area contributed by atoms with E-state index in [1.165, 1.54) is 0 Å². The lowest BCUT2D eigenvalue weighted by molar-refractivity contribution is -0.0495. The van der Waals surface area contributed by atoms with E-state index in [0.717, 1.165) is 51.8 Å². The molecule has 0 amide bonds. The Morgan fingerprint density at radius 1 is 1.26 bits per heavy atom. The van der Waals surface area contributed by atoms with E-state index in [1.54, 1.807) is 19.2 Å². The standard InChI is InChI=1S/C21H33F2N5O2.HI/c1-21(2,28-10-12-29-13-11-28)15-25-20(24-3)26-16-8-9-27(14-16)17-6-4-5-7-18(17)30-19(22)23;/h4-7,16,19H,8-15H2,1-3H3,(H2,24,25,26);1H. The number of guanidine groups is 1. The van der Waals surface area contributed by atoms with Crippen molar-refractivity contribution in [3.8, 4) is 5.75 Å². The molecule has 0 bridgehead atoms. The van der Waals surface area contributed by atoms with Gasteiger partial charge in [0.05, 0.1) is 18.9 Å². The number of alkyl halides is 2. The number of benzene rings is 1. The second kappa shape index (κ2) is 12.0. The van der Waals surface area contributed by atoms with Crippen LogP contribution in [-0.2, 0) is 4.74 Å². The number of hydrogen-bond donors (Lipinski definition) is 2. The van der Waals surface area contributed by atoms with Gasteiger partial charge in [-0.2, -0.15) is 8.78 Å². The van der Waals surface area contributed by atoms with Crippen molar-refractivity contribution in [3.63, 3.8) is 0 Å². The molecule has 3 rings (SSSR count). The Balaban J connectivity index is 0.00000341. The van der Waals surface area contributed by atoms with Gasteiger partial charge in [0.15, 0.2) is 5.96 Å². The molecule has 0 saturated carbocycles. The SMILES string of the molecule is CN=C(NCC(C)(C)N1CCOCC1)NC1CCN(c2ccccc2OC(F)F)C1.I. The minimum absolute atomic E-state index is 0. The van der Waals surface area contributed by atoms with Crippen LogP contribution in [0.1, 0.15) is 20.3 Å². The zero-order valence-electron chi connectivity index (χ0n) is 18.4. The minimum Gasteiger partial charge on any atom is -0.433 e. The quantitative estimate of drug-likeness (QED) is 0.308. The number of nitrogens with zero attached hydrogens (tertiary/aromatic N) is 3. The van der Waals surface area contributed by atoms with E-state index in [1.807, 2.05) is 12.1 Å². The number of ether oxygens (including phenoxy) is 2. The summed E-state index contributed by atoms with van der Waals surface area (Å²) in [5.41, 5.74) is 0.674. The van der Waals surface area contributed by atoms with Crippen molar-refractivity contribution < 1.29 is 18.3 Å². The fraction of sp³-hybridized carbons (Fsp3) is 0.667. The first kappa shape index (κ1) is 25.9. The number of anilines is 1. The molecule has 1 atom stereocenters. The van der Waals surface area contributed by atoms with Crippen molar-refractivity contribution in [2.45, 2.75) is 38.5 Å². The van der Waals surface area contributed by atoms with Gasteiger partial charge in [-0.05, 0) is 32.4 Å². The summed E-state index contributed by atoms with van der Waals surface area (Å²) in [7, 11) is 1.76. The number of morpholine rings is 1. The van der Waals surface area contributed by atoms with E-state index in [9.17, 15) is 8.78 Å². The predicted molar refractivity (Wildman–Crippen MR) is 130 cm³/mol. The summed E-state index contributed by atoms with van der Waals surface area (Å²) in [5, 5.41) is 6.91. The van der Waals surface area contributed by atoms with E-state index in [4.69, 9.17) is 4.74 Å². The lowest BCUT2D eigenvalue weighted by Gasteiger charge is -2.41. The molecule has 7 nitrogen and oxygen atoms in total. The van der Waals surface area contributed by atoms with Crippen molar-refractivity contribution in [2.75, 3.05) is 57.9 Å². The Morgan fingerprint density at radius 2 is 1.97 bits per heavy atom. The first-order valence-corrected chi connectivity index (χ1v) is 10.5. The summed E-state index contributed by atoms with van der Waals surface area (Å²) in [6.45, 7) is 7.21. The lowest BCUT2D eigenvalue weighted by atomic mass is 10.0. The number of halogens is 3. The largest absolute Gasteiger partial charge is 0.433 e. The molecule has 10 heteroatoms. The van der Waals surface area contributed by atoms with Crippen molar-refractivity contribution in [3.05, 3.63) is 24.3 Å². The zero-order valence-corrected chi connectivity index (χ0v) is 20.8. The van der Waals surface area contributed by atoms with Crippen molar-refractivity contribution in [1.82, 2.24) is 15.5 Å². The number of rotatable bonds is 7. The topological polar surface area (TPSA) is 61.4 Å². The van der Waals surface area contributed by atoms with E-state index in [0.29, 0.717) is 12.2 Å². The average molecular weight is 553 g/mol. The Labute approximate surface area is 200 Å². The van der Waals surface area contributed by atoms with Gasteiger partial charge in [-0.15, -0.1) is 24.0 Å². The number of hydrogen-bond acceptors (Lipinski definition) is 5. The highest BCUT2D eigenvalue weighted by Gasteiger charge is 2.29. The van der Waals surface area contributed by atoms with Gasteiger partial charge in [-0.3, -0.25) is 9.89 Å². The maximum Gasteiger partial charge on any atom is 0.387 e. The third-order valence-electron chi connectivity index (χ3n) is 5.73. The first-order chi connectivity index (χ1) is 14.4. The Morgan fingerprint density at radius 3 is 2.65 bits per heavy atom. The molecule has 1 aromatic rings. The Bertz CT molecular complexity index is 717. The van der Waals surface area contributed by atoms with Crippen LogP contribution in [0.4, 0.5) is 14.5 Å². The molecular formula is C21H34F2IN5O2. The van der Waals surface area contributed by atoms with Crippen molar-refractivity contribution in [1.29, 1.82) is 0 Å². The molecule has 1 unspecified atom stereocenters. The Hall–Kier alpha value is -1.40. The smallest absolute Gasteiger partial charge is 0.387 e. The van der Waals surface area contributed by atoms with Crippen LogP contribution >= 0.6 is 24.0 Å². The normalized spacial score (nSPS) is 20.5. The van der Waals surface area contributed by atoms with Gasteiger partial charge in [0.25, 0.3) is 0 Å². The fourth-order valence-electron chi connectivity index (χ4n) is 3.98. The molecule has 1 aromatic carbocycles. The van der Waals surface area contributed by atoms with Crippen molar-refractivity contribution in [2.24, 2.45) is 4.99 Å². The predicted octanol–water partition coefficient (Wildman–Crippen LogP) is 2.76. The number of nitrogens with one attached hydrogen (secondary N) is 2. The molecule has 176 valence electrons. The maximum atomic E-state index is 12.7. The van der Waals surface area contributed by atoms with Crippen LogP contribution in [0, 0.1) is 0 Å². The van der Waals surface area contributed by atoms with Crippen LogP contribution < -0.4 is 20.3 Å². The third kappa shape index (κ3) is 7.31. The van der Waals surface area contributed by atoms with Gasteiger partial charge in [-0.25, -0.2) is 0 Å². The van der Waals surface area contributed by atoms with Crippen LogP contribution in [0.2, 0.25) is 0 Å². The molecule has 0 aliphatic carbocycles. The molecule has 31 heavy (non-hydrogen) atoms. The lowest BCUT2D eigenvalue weighted by Crippen LogP contribution is -2.57. The number of aliphatic imine (C=N–C) groups is 1. The highest BCUT2D eigenvalue weighted by molar-refractivity contribution is 14.0. The van der Waals surface area contributed by atoms with E-state index in [-0.39, 0.29) is 41.3 Å². The fourth-order valence-corrected chi connectivity index (χ4v) is 3.98. The van der Waals surface area contributed by atoms with E-state index >= 15 is 0 Å². The molecule has 2 N–H and O–H groups in total. The summed E-state index contributed by atoms with van der Waals surface area (Å²) in [5.74, 6) is 0.961. The van der Waals surface area contributed by atoms with Crippen LogP contribution in [0.3, 0.4) is 0 Å². The van der Waals surface area contributed by atoms with Gasteiger partial charge in [0.2, 0.25) is 0 Å². The van der Waals surface area contributed by atoms with Gasteiger partial charge in [0, 0.05) is 51.4 Å². The van der Waals surface area contributed by atoms with Crippen LogP contribution in [-0.4, -0.2) is 82.0 Å². The highest BCUT2D eigenvalue weighted by atomic mass is 127. The molecule has 2 heterocycles. The van der Waals surface area contributed by atoms with Gasteiger partial charge < -0.3 is 25.0 Å². The molecule has 0 radical (unpaired) electrons. The monoisotopic (exact) mass is 553 g/mol. The van der Waals surface area contributed by atoms with Crippen molar-refractivity contribution >= 4 is 35.6 Å². The van der Waals surface area contributed by atoms with E-state index < -0.39 is 6.61 Å². The molecule has 2 aliphatic heterocycles. The molecule has 2 aliphatic rings. The summed E-state index contributed by atoms with van der Waals surface area (Å²) in [6.07, 6.45) is 0.885. The third-order valence-corrected chi connectivity index (χ3v) is 5.73. The summed E-state index contributed by atoms with van der Waals surface area (Å²) in [6, 6.07) is 7.11. The molecule has 0 spiro atoms. The molecular weight excluding hydrogens is 519 g/mol. The van der Waals surface area contributed by atoms with Crippen LogP contribution in [0.25, 0.3) is 0 Å². The second-order valence-electron chi connectivity index (χ2n) is 8.26. The van der Waals surface area contributed by atoms with Gasteiger partial charge in [0.1, 0.15) is 5.75 Å². The molecule has 0 aromatic heterocycles. The summed E-state index contributed by atoms with van der Waals surface area (Å²) in [4.78, 5) is 8.86. The maximum absolute atomic E-state index is 12.7. The minimum atomic E-state index is -2.83. The Kier molecular flexibility index (Phi) is 10.0. The van der Waals surface area contributed by atoms with Crippen LogP contribution in [0.15, 0.2) is 29.3 Å². The first-order valence-electron chi connectivity index (χ1n) is 10.5. The molecule has 2 fully saturated rings. The van der Waals surface area contributed by atoms with Gasteiger partial charge in [-0.1, -0.05) is 12.1 Å². The zero-order chi connectivity index (χ0) is 21.6. The highest BCUT2D eigenvalue weighted by Crippen LogP contribution is 2.31. The second-order valence-corrected chi connectivity index (χ2v) is 8.26. The summed E-state index contributed by atoms with van der Waals surface area (Å²) >= 11 is 0. The summed E-state index contributed by atoms with van der Waals surface area (Å²) < 4.78 is 35.6. The van der Waals surface area contributed by atoms with Gasteiger partial charge >= 0.3 is 6.61 Å².